The first-order valence-corrected chi connectivity index (χ1v) is 15.7. The topological polar surface area (TPSA) is 131 Å². The first-order chi connectivity index (χ1) is 23.1. The predicted molar refractivity (Wildman–Crippen MR) is 180 cm³/mol. The van der Waals surface area contributed by atoms with Crippen LogP contribution in [0.1, 0.15) is 63.0 Å². The molecule has 5 aromatic rings. The van der Waals surface area contributed by atoms with E-state index < -0.39 is 10.9 Å². The third kappa shape index (κ3) is 5.90. The van der Waals surface area contributed by atoms with Crippen molar-refractivity contribution in [3.05, 3.63) is 105 Å². The van der Waals surface area contributed by atoms with Crippen molar-refractivity contribution in [3.8, 4) is 17.0 Å². The minimum absolute atomic E-state index is 0.131. The van der Waals surface area contributed by atoms with Gasteiger partial charge in [-0.15, -0.1) is 0 Å². The largest absolute Gasteiger partial charge is 0.496 e. The Morgan fingerprint density at radius 3 is 2.58 bits per heavy atom. The number of rotatable bonds is 9. The van der Waals surface area contributed by atoms with Gasteiger partial charge in [0.25, 0.3) is 11.6 Å². The molecule has 1 unspecified atom stereocenters. The highest BCUT2D eigenvalue weighted by Gasteiger charge is 2.28. The Kier molecular flexibility index (Phi) is 9.01. The number of ether oxygens (including phenoxy) is 3. The lowest BCUT2D eigenvalue weighted by molar-refractivity contribution is -0.384. The van der Waals surface area contributed by atoms with Crippen LogP contribution in [0.5, 0.6) is 5.75 Å². The molecule has 1 aliphatic heterocycles. The number of amides is 1. The Morgan fingerprint density at radius 1 is 1.06 bits per heavy atom. The van der Waals surface area contributed by atoms with E-state index in [0.717, 1.165) is 41.3 Å². The Hall–Kier alpha value is -5.49. The molecular formula is C36H37N5O7. The number of nitro benzene ring substituents is 1. The number of hydrogen-bond acceptors (Lipinski definition) is 8. The molecule has 12 nitrogen and oxygen atoms in total. The minimum atomic E-state index is -0.644. The molecule has 12 heteroatoms. The molecule has 1 atom stereocenters. The highest BCUT2D eigenvalue weighted by molar-refractivity contribution is 6.09. The summed E-state index contributed by atoms with van der Waals surface area (Å²) in [7, 11) is 4.62. The van der Waals surface area contributed by atoms with Gasteiger partial charge in [0.05, 0.1) is 48.5 Å². The fraction of sp³-hybridized carbons (Fsp3) is 0.306. The summed E-state index contributed by atoms with van der Waals surface area (Å²) in [4.78, 5) is 40.3. The molecule has 0 saturated carbocycles. The number of carbonyl (C=O) groups excluding carboxylic acids is 2. The molecule has 248 valence electrons. The second-order valence-corrected chi connectivity index (χ2v) is 11.9. The third-order valence-electron chi connectivity index (χ3n) is 9.17. The highest BCUT2D eigenvalue weighted by Crippen LogP contribution is 2.35. The van der Waals surface area contributed by atoms with Crippen molar-refractivity contribution in [1.82, 2.24) is 14.3 Å². The van der Waals surface area contributed by atoms with Gasteiger partial charge in [-0.25, -0.2) is 9.48 Å². The van der Waals surface area contributed by atoms with Gasteiger partial charge in [0.1, 0.15) is 5.75 Å². The van der Waals surface area contributed by atoms with Gasteiger partial charge in [-0.3, -0.25) is 14.9 Å². The van der Waals surface area contributed by atoms with Crippen LogP contribution < -0.4 is 9.64 Å². The Labute approximate surface area is 277 Å². The smallest absolute Gasteiger partial charge is 0.338 e. The van der Waals surface area contributed by atoms with Gasteiger partial charge in [-0.2, -0.15) is 5.10 Å². The van der Waals surface area contributed by atoms with E-state index in [1.54, 1.807) is 42.8 Å². The predicted octanol–water partition coefficient (Wildman–Crippen LogP) is 6.91. The lowest BCUT2D eigenvalue weighted by Gasteiger charge is -2.25. The highest BCUT2D eigenvalue weighted by atomic mass is 16.6. The van der Waals surface area contributed by atoms with E-state index in [2.05, 4.69) is 5.10 Å². The molecule has 1 fully saturated rings. The van der Waals surface area contributed by atoms with Crippen LogP contribution in [0, 0.1) is 24.0 Å². The average Bonchev–Trinajstić information content (AvgIpc) is 3.67. The maximum absolute atomic E-state index is 14.7. The van der Waals surface area contributed by atoms with Crippen LogP contribution in [-0.2, 0) is 23.1 Å². The zero-order valence-corrected chi connectivity index (χ0v) is 27.6. The molecule has 1 amide bonds. The van der Waals surface area contributed by atoms with Crippen LogP contribution in [0.2, 0.25) is 0 Å². The summed E-state index contributed by atoms with van der Waals surface area (Å²) in [6.07, 6.45) is 4.65. The molecule has 0 aliphatic carbocycles. The summed E-state index contributed by atoms with van der Waals surface area (Å²) in [5, 5.41) is 17.2. The van der Waals surface area contributed by atoms with Crippen molar-refractivity contribution < 1.29 is 28.7 Å². The van der Waals surface area contributed by atoms with E-state index in [1.165, 1.54) is 25.3 Å². The van der Waals surface area contributed by atoms with Crippen LogP contribution in [0.4, 0.5) is 11.4 Å². The number of fused-ring (bicyclic) bond motifs is 1. The van der Waals surface area contributed by atoms with E-state index in [9.17, 15) is 19.7 Å². The number of nitro groups is 1. The van der Waals surface area contributed by atoms with Gasteiger partial charge >= 0.3 is 5.97 Å². The van der Waals surface area contributed by atoms with Gasteiger partial charge < -0.3 is 23.7 Å². The molecule has 1 aliphatic rings. The molecule has 1 saturated heterocycles. The SMILES string of the molecule is COC(=O)c1ccc([N+](=O)[O-])cc1-c1cc(C(=O)N(Cc2cccc(OC)c2C)c2ccc3c(cnn3C3CCCCO3)c2)c(C)n1C. The van der Waals surface area contributed by atoms with Gasteiger partial charge in [-0.1, -0.05) is 12.1 Å². The molecule has 48 heavy (non-hydrogen) atoms. The Morgan fingerprint density at radius 2 is 1.88 bits per heavy atom. The molecule has 3 heterocycles. The summed E-state index contributed by atoms with van der Waals surface area (Å²) in [6.45, 7) is 4.69. The van der Waals surface area contributed by atoms with Crippen LogP contribution >= 0.6 is 0 Å². The van der Waals surface area contributed by atoms with Crippen molar-refractivity contribution in [2.45, 2.75) is 45.9 Å². The third-order valence-corrected chi connectivity index (χ3v) is 9.17. The molecule has 0 N–H and O–H groups in total. The van der Waals surface area contributed by atoms with E-state index >= 15 is 0 Å². The fourth-order valence-corrected chi connectivity index (χ4v) is 6.32. The van der Waals surface area contributed by atoms with E-state index in [-0.39, 0.29) is 35.5 Å². The molecule has 6 rings (SSSR count). The normalized spacial score (nSPS) is 14.6. The first-order valence-electron chi connectivity index (χ1n) is 15.7. The summed E-state index contributed by atoms with van der Waals surface area (Å²) < 4.78 is 20.2. The second-order valence-electron chi connectivity index (χ2n) is 11.9. The average molecular weight is 652 g/mol. The fourth-order valence-electron chi connectivity index (χ4n) is 6.32. The molecule has 3 aromatic carbocycles. The van der Waals surface area contributed by atoms with Gasteiger partial charge in [-0.05, 0) is 80.6 Å². The van der Waals surface area contributed by atoms with Gasteiger partial charge in [0.15, 0.2) is 6.23 Å². The van der Waals surface area contributed by atoms with Crippen LogP contribution in [0.15, 0.2) is 66.9 Å². The standard InChI is InChI=1S/C36H37N5O7/c1-22-24(9-8-10-33(22)46-4)21-39(26-13-15-31-25(17-26)20-37-40(31)34-11-6-7-16-48-34)35(42)29-19-32(38(3)23(29)2)30-18-27(41(44)45)12-14-28(30)36(43)47-5/h8-10,12-15,17-20,34H,6-7,11,16,21H2,1-5H3. The molecule has 0 radical (unpaired) electrons. The Bertz CT molecular complexity index is 2040. The number of esters is 1. The maximum atomic E-state index is 14.7. The van der Waals surface area contributed by atoms with Crippen molar-refractivity contribution in [3.63, 3.8) is 0 Å². The van der Waals surface area contributed by atoms with Crippen molar-refractivity contribution >= 4 is 34.2 Å². The van der Waals surface area contributed by atoms with Crippen molar-refractivity contribution in [2.24, 2.45) is 7.05 Å². The number of nitrogens with zero attached hydrogens (tertiary/aromatic N) is 5. The van der Waals surface area contributed by atoms with Crippen LogP contribution in [-0.4, -0.2) is 52.0 Å². The second kappa shape index (κ2) is 13.3. The summed E-state index contributed by atoms with van der Waals surface area (Å²) in [5.74, 6) is -0.221. The quantitative estimate of drug-likeness (QED) is 0.0955. The lowest BCUT2D eigenvalue weighted by Crippen LogP contribution is -2.31. The number of aromatic nitrogens is 3. The van der Waals surface area contributed by atoms with Gasteiger partial charge in [0, 0.05) is 53.8 Å². The first kappa shape index (κ1) is 32.5. The van der Waals surface area contributed by atoms with Crippen molar-refractivity contribution in [2.75, 3.05) is 25.7 Å². The summed E-state index contributed by atoms with van der Waals surface area (Å²) in [6, 6.07) is 17.2. The van der Waals surface area contributed by atoms with Crippen LogP contribution in [0.3, 0.4) is 0 Å². The molecule has 0 spiro atoms. The lowest BCUT2D eigenvalue weighted by atomic mass is 10.0. The zero-order valence-electron chi connectivity index (χ0n) is 27.6. The summed E-state index contributed by atoms with van der Waals surface area (Å²) in [5.41, 5.74) is 5.08. The van der Waals surface area contributed by atoms with E-state index in [0.29, 0.717) is 35.0 Å². The minimum Gasteiger partial charge on any atom is -0.496 e. The number of methoxy groups -OCH3 is 2. The maximum Gasteiger partial charge on any atom is 0.338 e. The van der Waals surface area contributed by atoms with Crippen LogP contribution in [0.25, 0.3) is 22.2 Å². The molecular weight excluding hydrogens is 614 g/mol. The van der Waals surface area contributed by atoms with Crippen molar-refractivity contribution in [1.29, 1.82) is 0 Å². The summed E-state index contributed by atoms with van der Waals surface area (Å²) >= 11 is 0. The number of non-ortho nitro benzene ring substituents is 1. The number of carbonyl (C=O) groups is 2. The number of hydrogen-bond donors (Lipinski definition) is 0. The van der Waals surface area contributed by atoms with E-state index in [4.69, 9.17) is 14.2 Å². The molecule has 2 aromatic heterocycles. The zero-order chi connectivity index (χ0) is 34.1. The number of anilines is 1. The molecule has 0 bridgehead atoms. The number of benzene rings is 3. The van der Waals surface area contributed by atoms with Gasteiger partial charge in [0.2, 0.25) is 0 Å². The Balaban J connectivity index is 1.46. The van der Waals surface area contributed by atoms with E-state index in [1.807, 2.05) is 48.0 Å². The monoisotopic (exact) mass is 651 g/mol.